The van der Waals surface area contributed by atoms with Gasteiger partial charge in [-0.05, 0) is 30.3 Å². The summed E-state index contributed by atoms with van der Waals surface area (Å²) in [5.74, 6) is 0.539. The highest BCUT2D eigenvalue weighted by Crippen LogP contribution is 2.31. The van der Waals surface area contributed by atoms with E-state index in [1.165, 1.54) is 31.6 Å². The van der Waals surface area contributed by atoms with Crippen molar-refractivity contribution in [1.29, 1.82) is 0 Å². The number of hydrogen-bond acceptors (Lipinski definition) is 6. The molecule has 29 heavy (non-hydrogen) atoms. The topological polar surface area (TPSA) is 91.7 Å². The van der Waals surface area contributed by atoms with Gasteiger partial charge in [0.25, 0.3) is 10.0 Å². The molecule has 0 bridgehead atoms. The SMILES string of the molecule is COc1ccc(S(=O)(=O)Nc2cnn(CC3COc4ccccc4O3)c2)cc1F. The fraction of sp³-hybridized carbons (Fsp3) is 0.211. The molecule has 1 aromatic heterocycles. The molecule has 3 aromatic rings. The zero-order valence-electron chi connectivity index (χ0n) is 15.4. The minimum Gasteiger partial charge on any atom is -0.494 e. The van der Waals surface area contributed by atoms with Crippen LogP contribution in [0.4, 0.5) is 10.1 Å². The van der Waals surface area contributed by atoms with Crippen molar-refractivity contribution in [1.82, 2.24) is 9.78 Å². The molecule has 1 unspecified atom stereocenters. The van der Waals surface area contributed by atoms with Crippen LogP contribution in [0.2, 0.25) is 0 Å². The van der Waals surface area contributed by atoms with Gasteiger partial charge >= 0.3 is 0 Å². The van der Waals surface area contributed by atoms with Gasteiger partial charge in [0.1, 0.15) is 6.61 Å². The number of nitrogens with one attached hydrogen (secondary N) is 1. The summed E-state index contributed by atoms with van der Waals surface area (Å²) in [6.07, 6.45) is 2.63. The monoisotopic (exact) mass is 419 g/mol. The maximum absolute atomic E-state index is 13.8. The summed E-state index contributed by atoms with van der Waals surface area (Å²) in [6.45, 7) is 0.719. The number of nitrogens with zero attached hydrogens (tertiary/aromatic N) is 2. The highest BCUT2D eigenvalue weighted by atomic mass is 32.2. The zero-order valence-corrected chi connectivity index (χ0v) is 16.2. The van der Waals surface area contributed by atoms with E-state index in [0.717, 1.165) is 6.07 Å². The van der Waals surface area contributed by atoms with Crippen LogP contribution in [0.1, 0.15) is 0 Å². The predicted molar refractivity (Wildman–Crippen MR) is 102 cm³/mol. The van der Waals surface area contributed by atoms with Crippen molar-refractivity contribution in [2.45, 2.75) is 17.5 Å². The number of sulfonamides is 1. The molecule has 152 valence electrons. The van der Waals surface area contributed by atoms with Crippen LogP contribution in [-0.4, -0.2) is 38.0 Å². The van der Waals surface area contributed by atoms with Gasteiger partial charge in [-0.2, -0.15) is 5.10 Å². The molecular weight excluding hydrogens is 401 g/mol. The number of halogens is 1. The van der Waals surface area contributed by atoms with Crippen molar-refractivity contribution in [3.05, 3.63) is 60.7 Å². The lowest BCUT2D eigenvalue weighted by atomic mass is 10.2. The Morgan fingerprint density at radius 1 is 1.28 bits per heavy atom. The minimum absolute atomic E-state index is 0.0342. The summed E-state index contributed by atoms with van der Waals surface area (Å²) in [4.78, 5) is -0.218. The number of ether oxygens (including phenoxy) is 3. The van der Waals surface area contributed by atoms with E-state index in [4.69, 9.17) is 14.2 Å². The van der Waals surface area contributed by atoms with Gasteiger partial charge in [-0.25, -0.2) is 12.8 Å². The first-order valence-electron chi connectivity index (χ1n) is 8.72. The molecule has 8 nitrogen and oxygen atoms in total. The molecule has 10 heteroatoms. The van der Waals surface area contributed by atoms with Crippen molar-refractivity contribution in [2.24, 2.45) is 0 Å². The van der Waals surface area contributed by atoms with Gasteiger partial charge in [0, 0.05) is 6.20 Å². The molecule has 1 atom stereocenters. The molecule has 0 saturated heterocycles. The lowest BCUT2D eigenvalue weighted by Gasteiger charge is -2.26. The van der Waals surface area contributed by atoms with Crippen LogP contribution in [0.25, 0.3) is 0 Å². The van der Waals surface area contributed by atoms with Gasteiger partial charge in [-0.1, -0.05) is 12.1 Å². The predicted octanol–water partition coefficient (Wildman–Crippen LogP) is 2.67. The van der Waals surface area contributed by atoms with Crippen molar-refractivity contribution in [3.63, 3.8) is 0 Å². The Kier molecular flexibility index (Phi) is 5.01. The van der Waals surface area contributed by atoms with Crippen molar-refractivity contribution in [2.75, 3.05) is 18.4 Å². The first-order chi connectivity index (χ1) is 13.9. The number of benzene rings is 2. The number of methoxy groups -OCH3 is 1. The molecule has 0 saturated carbocycles. The van der Waals surface area contributed by atoms with E-state index in [2.05, 4.69) is 9.82 Å². The van der Waals surface area contributed by atoms with E-state index in [1.807, 2.05) is 24.3 Å². The average Bonchev–Trinajstić information content (AvgIpc) is 3.13. The van der Waals surface area contributed by atoms with E-state index in [0.29, 0.717) is 24.7 Å². The molecule has 0 radical (unpaired) electrons. The van der Waals surface area contributed by atoms with E-state index in [-0.39, 0.29) is 22.4 Å². The first kappa shape index (κ1) is 19.1. The molecule has 1 aliphatic heterocycles. The molecule has 2 heterocycles. The summed E-state index contributed by atoms with van der Waals surface area (Å²) in [6, 6.07) is 10.8. The number of hydrogen-bond donors (Lipinski definition) is 1. The Morgan fingerprint density at radius 3 is 2.83 bits per heavy atom. The van der Waals surface area contributed by atoms with Gasteiger partial charge in [0.2, 0.25) is 0 Å². The fourth-order valence-corrected chi connectivity index (χ4v) is 3.95. The zero-order chi connectivity index (χ0) is 20.4. The number of anilines is 1. The van der Waals surface area contributed by atoms with Gasteiger partial charge in [-0.15, -0.1) is 0 Å². The van der Waals surface area contributed by atoms with Crippen molar-refractivity contribution in [3.8, 4) is 17.2 Å². The third-order valence-corrected chi connectivity index (χ3v) is 5.66. The van der Waals surface area contributed by atoms with Crippen molar-refractivity contribution < 1.29 is 27.0 Å². The summed E-state index contributed by atoms with van der Waals surface area (Å²) >= 11 is 0. The largest absolute Gasteiger partial charge is 0.494 e. The highest BCUT2D eigenvalue weighted by Gasteiger charge is 2.22. The Labute approximate surface area is 166 Å². The molecule has 1 N–H and O–H groups in total. The highest BCUT2D eigenvalue weighted by molar-refractivity contribution is 7.92. The van der Waals surface area contributed by atoms with Crippen LogP contribution in [0.15, 0.2) is 59.8 Å². The number of aromatic nitrogens is 2. The molecule has 0 spiro atoms. The van der Waals surface area contributed by atoms with E-state index in [9.17, 15) is 12.8 Å². The second kappa shape index (κ2) is 7.63. The Bertz CT molecular complexity index is 1130. The molecule has 0 fully saturated rings. The molecule has 2 aromatic carbocycles. The van der Waals surface area contributed by atoms with Gasteiger partial charge in [0.15, 0.2) is 29.2 Å². The number of rotatable bonds is 6. The average molecular weight is 419 g/mol. The molecule has 0 amide bonds. The van der Waals surface area contributed by atoms with E-state index >= 15 is 0 Å². The number of para-hydroxylation sites is 2. The minimum atomic E-state index is -3.98. The summed E-state index contributed by atoms with van der Waals surface area (Å²) < 4.78 is 59.1. The lowest BCUT2D eigenvalue weighted by Crippen LogP contribution is -2.33. The lowest BCUT2D eigenvalue weighted by molar-refractivity contribution is 0.0759. The number of fused-ring (bicyclic) bond motifs is 1. The third-order valence-electron chi connectivity index (χ3n) is 4.28. The smallest absolute Gasteiger partial charge is 0.262 e. The molecule has 1 aliphatic rings. The fourth-order valence-electron chi connectivity index (χ4n) is 2.91. The first-order valence-corrected chi connectivity index (χ1v) is 10.2. The third kappa shape index (κ3) is 4.11. The van der Waals surface area contributed by atoms with Gasteiger partial charge in [0.05, 0.1) is 30.4 Å². The van der Waals surface area contributed by atoms with Crippen LogP contribution < -0.4 is 18.9 Å². The quantitative estimate of drug-likeness (QED) is 0.661. The van der Waals surface area contributed by atoms with Crippen LogP contribution in [0.5, 0.6) is 17.2 Å². The second-order valence-corrected chi connectivity index (χ2v) is 8.03. The summed E-state index contributed by atoms with van der Waals surface area (Å²) in [5.41, 5.74) is 0.248. The Morgan fingerprint density at radius 2 is 2.07 bits per heavy atom. The summed E-state index contributed by atoms with van der Waals surface area (Å²) in [5, 5.41) is 4.15. The van der Waals surface area contributed by atoms with Gasteiger partial charge in [-0.3, -0.25) is 9.40 Å². The van der Waals surface area contributed by atoms with Crippen LogP contribution in [0, 0.1) is 5.82 Å². The van der Waals surface area contributed by atoms with Crippen molar-refractivity contribution >= 4 is 15.7 Å². The molecular formula is C19H18FN3O5S. The summed E-state index contributed by atoms with van der Waals surface area (Å²) in [7, 11) is -2.67. The Hall–Kier alpha value is -3.27. The molecule has 0 aliphatic carbocycles. The maximum Gasteiger partial charge on any atom is 0.262 e. The Balaban J connectivity index is 1.43. The second-order valence-electron chi connectivity index (χ2n) is 6.35. The van der Waals surface area contributed by atoms with Crippen LogP contribution in [0.3, 0.4) is 0 Å². The van der Waals surface area contributed by atoms with Crippen LogP contribution in [-0.2, 0) is 16.6 Å². The maximum atomic E-state index is 13.8. The van der Waals surface area contributed by atoms with E-state index in [1.54, 1.807) is 4.68 Å². The normalized spacial score (nSPS) is 15.7. The standard InChI is InChI=1S/C19H18FN3O5S/c1-26-17-7-6-15(8-16(17)20)29(24,25)22-13-9-21-23(10-13)11-14-12-27-18-4-2-3-5-19(18)28-14/h2-10,14,22H,11-12H2,1H3. The van der Waals surface area contributed by atoms with E-state index < -0.39 is 15.8 Å². The van der Waals surface area contributed by atoms with Gasteiger partial charge < -0.3 is 14.2 Å². The molecule has 4 rings (SSSR count). The van der Waals surface area contributed by atoms with Crippen LogP contribution >= 0.6 is 0 Å².